The Bertz CT molecular complexity index is 1440. The summed E-state index contributed by atoms with van der Waals surface area (Å²) in [4.78, 5) is 16.7. The molecule has 1 N–H and O–H groups in total. The number of esters is 1. The highest BCUT2D eigenvalue weighted by Gasteiger charge is 2.23. The number of sulfonamides is 1. The lowest BCUT2D eigenvalue weighted by Gasteiger charge is -2.09. The van der Waals surface area contributed by atoms with Crippen LogP contribution in [-0.2, 0) is 27.9 Å². The molecule has 0 aliphatic rings. The first-order chi connectivity index (χ1) is 17.3. The molecule has 0 spiro atoms. The number of nitrogens with one attached hydrogen (secondary N) is 1. The third-order valence-electron chi connectivity index (χ3n) is 5.24. The number of oxazole rings is 1. The molecule has 0 unspecified atom stereocenters. The molecule has 0 fully saturated rings. The normalized spacial score (nSPS) is 11.3. The second-order valence-corrected chi connectivity index (χ2v) is 9.40. The second kappa shape index (κ2) is 10.6. The summed E-state index contributed by atoms with van der Waals surface area (Å²) in [6.45, 7) is 6.07. The van der Waals surface area contributed by atoms with Crippen molar-refractivity contribution in [2.24, 2.45) is 0 Å². The maximum absolute atomic E-state index is 12.9. The quantitative estimate of drug-likeness (QED) is 0.311. The zero-order valence-electron chi connectivity index (χ0n) is 20.1. The third kappa shape index (κ3) is 5.57. The molecule has 0 radical (unpaired) electrons. The molecule has 4 rings (SSSR count). The van der Waals surface area contributed by atoms with Crippen LogP contribution in [0.5, 0.6) is 5.75 Å². The average Bonchev–Trinajstić information content (AvgIpc) is 3.46. The fourth-order valence-electron chi connectivity index (χ4n) is 3.34. The molecule has 0 saturated heterocycles. The minimum atomic E-state index is -4.01. The molecule has 2 aromatic carbocycles. The van der Waals surface area contributed by atoms with Crippen LogP contribution in [0.1, 0.15) is 35.7 Å². The molecule has 2 aromatic heterocycles. The number of aryl methyl sites for hydroxylation is 2. The lowest BCUT2D eigenvalue weighted by atomic mass is 10.2. The zero-order valence-corrected chi connectivity index (χ0v) is 20.9. The molecule has 0 aliphatic heterocycles. The molecule has 0 atom stereocenters. The Labute approximate surface area is 208 Å². The number of nitrogens with zero attached hydrogens (tertiary/aromatic N) is 3. The number of anilines is 1. The van der Waals surface area contributed by atoms with E-state index in [4.69, 9.17) is 13.9 Å². The highest BCUT2D eigenvalue weighted by Crippen LogP contribution is 2.24. The van der Waals surface area contributed by atoms with E-state index < -0.39 is 16.0 Å². The van der Waals surface area contributed by atoms with Crippen molar-refractivity contribution in [1.82, 2.24) is 14.8 Å². The average molecular weight is 511 g/mol. The Morgan fingerprint density at radius 2 is 1.81 bits per heavy atom. The molecular weight excluding hydrogens is 484 g/mol. The number of hydrogen-bond donors (Lipinski definition) is 1. The van der Waals surface area contributed by atoms with Gasteiger partial charge in [0.25, 0.3) is 10.0 Å². The first-order valence-electron chi connectivity index (χ1n) is 11.3. The molecule has 10 nitrogen and oxygen atoms in total. The highest BCUT2D eigenvalue weighted by atomic mass is 32.2. The molecular formula is C25H26N4O6S. The predicted octanol–water partition coefficient (Wildman–Crippen LogP) is 4.42. The number of aromatic nitrogens is 3. The van der Waals surface area contributed by atoms with E-state index in [0.717, 1.165) is 5.56 Å². The molecule has 0 bridgehead atoms. The topological polar surface area (TPSA) is 126 Å². The lowest BCUT2D eigenvalue weighted by molar-refractivity contribution is 0.0527. The van der Waals surface area contributed by atoms with E-state index in [1.165, 1.54) is 23.0 Å². The smallest absolute Gasteiger partial charge is 0.343 e. The summed E-state index contributed by atoms with van der Waals surface area (Å²) in [5.41, 5.74) is 1.55. The van der Waals surface area contributed by atoms with Crippen LogP contribution in [0.25, 0.3) is 11.5 Å². The van der Waals surface area contributed by atoms with Crippen molar-refractivity contribution in [3.8, 4) is 17.2 Å². The zero-order chi connectivity index (χ0) is 25.7. The van der Waals surface area contributed by atoms with Crippen LogP contribution in [0.2, 0.25) is 0 Å². The van der Waals surface area contributed by atoms with Crippen molar-refractivity contribution in [1.29, 1.82) is 0 Å². The molecule has 36 heavy (non-hydrogen) atoms. The van der Waals surface area contributed by atoms with Gasteiger partial charge in [-0.05, 0) is 57.2 Å². The molecule has 0 amide bonds. The van der Waals surface area contributed by atoms with Gasteiger partial charge in [-0.15, -0.1) is 0 Å². The summed E-state index contributed by atoms with van der Waals surface area (Å²) in [6, 6.07) is 15.4. The van der Waals surface area contributed by atoms with Crippen LogP contribution in [0.15, 0.2) is 70.1 Å². The Morgan fingerprint density at radius 1 is 1.08 bits per heavy atom. The van der Waals surface area contributed by atoms with Crippen LogP contribution in [-0.4, -0.2) is 35.8 Å². The van der Waals surface area contributed by atoms with Gasteiger partial charge in [0.15, 0.2) is 5.82 Å². The molecule has 188 valence electrons. The van der Waals surface area contributed by atoms with Crippen molar-refractivity contribution in [3.63, 3.8) is 0 Å². The van der Waals surface area contributed by atoms with Gasteiger partial charge in [0.1, 0.15) is 29.4 Å². The maximum Gasteiger partial charge on any atom is 0.343 e. The van der Waals surface area contributed by atoms with Gasteiger partial charge in [-0.2, -0.15) is 5.10 Å². The van der Waals surface area contributed by atoms with Crippen molar-refractivity contribution in [2.75, 3.05) is 11.3 Å². The number of ether oxygens (including phenoxy) is 2. The van der Waals surface area contributed by atoms with Crippen LogP contribution in [0.3, 0.4) is 0 Å². The number of carbonyl (C=O) groups is 1. The van der Waals surface area contributed by atoms with Gasteiger partial charge in [-0.25, -0.2) is 18.2 Å². The van der Waals surface area contributed by atoms with Gasteiger partial charge in [0.05, 0.1) is 11.5 Å². The largest absolute Gasteiger partial charge is 0.487 e. The number of carbonyl (C=O) groups excluding carboxylic acids is 1. The lowest BCUT2D eigenvalue weighted by Crippen LogP contribution is -2.16. The summed E-state index contributed by atoms with van der Waals surface area (Å²) in [5.74, 6) is 0.858. The molecule has 4 aromatic rings. The van der Waals surface area contributed by atoms with E-state index in [1.807, 2.05) is 44.2 Å². The Morgan fingerprint density at radius 3 is 2.47 bits per heavy atom. The highest BCUT2D eigenvalue weighted by molar-refractivity contribution is 7.92. The minimum Gasteiger partial charge on any atom is -0.487 e. The first-order valence-corrected chi connectivity index (χ1v) is 12.8. The summed E-state index contributed by atoms with van der Waals surface area (Å²) < 4.78 is 46.2. The van der Waals surface area contributed by atoms with Crippen molar-refractivity contribution < 1.29 is 27.1 Å². The monoisotopic (exact) mass is 510 g/mol. The predicted molar refractivity (Wildman–Crippen MR) is 132 cm³/mol. The Kier molecular flexibility index (Phi) is 7.39. The molecule has 0 aliphatic carbocycles. The van der Waals surface area contributed by atoms with Gasteiger partial charge < -0.3 is 13.9 Å². The number of hydrogen-bond acceptors (Lipinski definition) is 8. The van der Waals surface area contributed by atoms with Gasteiger partial charge in [0, 0.05) is 18.3 Å². The molecule has 2 heterocycles. The van der Waals surface area contributed by atoms with Crippen LogP contribution >= 0.6 is 0 Å². The SMILES string of the molecule is CCOC(=O)c1cn(CC)nc1NS(=O)(=O)c1ccc(OCc2nc(-c3ccccc3)oc2C)cc1. The fraction of sp³-hybridized carbons (Fsp3) is 0.240. The maximum atomic E-state index is 12.9. The van der Waals surface area contributed by atoms with Crippen molar-refractivity contribution in [2.45, 2.75) is 38.8 Å². The number of benzene rings is 2. The van der Waals surface area contributed by atoms with E-state index in [2.05, 4.69) is 14.8 Å². The Hall–Kier alpha value is -4.12. The van der Waals surface area contributed by atoms with Gasteiger partial charge >= 0.3 is 5.97 Å². The minimum absolute atomic E-state index is 0.0142. The molecule has 11 heteroatoms. The fourth-order valence-corrected chi connectivity index (χ4v) is 4.35. The van der Waals surface area contributed by atoms with Crippen molar-refractivity contribution in [3.05, 3.63) is 77.8 Å². The number of rotatable bonds is 10. The second-order valence-electron chi connectivity index (χ2n) is 7.72. The first kappa shape index (κ1) is 25.0. The van der Waals surface area contributed by atoms with Crippen LogP contribution < -0.4 is 9.46 Å². The third-order valence-corrected chi connectivity index (χ3v) is 6.59. The van der Waals surface area contributed by atoms with E-state index in [1.54, 1.807) is 19.1 Å². The van der Waals surface area contributed by atoms with Gasteiger partial charge in [-0.3, -0.25) is 9.40 Å². The van der Waals surface area contributed by atoms with Crippen LogP contribution in [0, 0.1) is 6.92 Å². The van der Waals surface area contributed by atoms with Crippen molar-refractivity contribution >= 4 is 21.8 Å². The van der Waals surface area contributed by atoms with Crippen LogP contribution in [0.4, 0.5) is 5.82 Å². The van der Waals surface area contributed by atoms with E-state index in [9.17, 15) is 13.2 Å². The standard InChI is InChI=1S/C25H26N4O6S/c1-4-29-15-21(25(30)33-5-2)23(27-29)28-36(31,32)20-13-11-19(12-14-20)34-16-22-17(3)35-24(26-22)18-9-7-6-8-10-18/h6-15H,4-5,16H2,1-3H3,(H,27,28). The van der Waals surface area contributed by atoms with E-state index in [-0.39, 0.29) is 29.5 Å². The summed E-state index contributed by atoms with van der Waals surface area (Å²) >= 11 is 0. The van der Waals surface area contributed by atoms with E-state index in [0.29, 0.717) is 29.6 Å². The summed E-state index contributed by atoms with van der Waals surface area (Å²) in [7, 11) is -4.01. The molecule has 0 saturated carbocycles. The summed E-state index contributed by atoms with van der Waals surface area (Å²) in [6.07, 6.45) is 1.45. The Balaban J connectivity index is 1.45. The van der Waals surface area contributed by atoms with Gasteiger partial charge in [0.2, 0.25) is 5.89 Å². The summed E-state index contributed by atoms with van der Waals surface area (Å²) in [5, 5.41) is 4.14. The van der Waals surface area contributed by atoms with Gasteiger partial charge in [-0.1, -0.05) is 18.2 Å². The van der Waals surface area contributed by atoms with E-state index >= 15 is 0 Å².